The lowest BCUT2D eigenvalue weighted by Crippen LogP contribution is -2.39. The minimum absolute atomic E-state index is 0.140. The summed E-state index contributed by atoms with van der Waals surface area (Å²) in [7, 11) is 0. The summed E-state index contributed by atoms with van der Waals surface area (Å²) in [5.74, 6) is -0.796. The van der Waals surface area contributed by atoms with E-state index in [0.717, 1.165) is 32.1 Å². The number of phenols is 3. The van der Waals surface area contributed by atoms with Crippen LogP contribution >= 0.6 is 0 Å². The molecule has 0 saturated heterocycles. The standard InChI is InChI=1S/C28H38O5/c1-15(2)11-20(21-23(32)18(12-29)22(31)19(13-30)24(21)33)27(5)10-8-17-16(3)7-9-26(4)14-28(26,6)25(17)27/h12-13,15,17,20,25,31-33H,3,7-11,14H2,1-2,4-6H3/t17-,20-,25-,26-,27+,28-/m0/s1. The molecule has 0 bridgehead atoms. The highest BCUT2D eigenvalue weighted by molar-refractivity contribution is 5.95. The number of carbonyl (C=O) groups excluding carboxylic acids is 2. The first-order chi connectivity index (χ1) is 15.4. The average molecular weight is 455 g/mol. The number of rotatable bonds is 6. The molecule has 0 aromatic heterocycles. The monoisotopic (exact) mass is 454 g/mol. The second-order valence-corrected chi connectivity index (χ2v) is 12.1. The SMILES string of the molecule is C=C1CC[C@@]2(C)C[C@@]2(C)[C@H]2[C@H]1CC[C@]2(C)[C@@H](CC(C)C)c1c(O)c(C=O)c(O)c(C=O)c1O. The molecule has 0 spiro atoms. The van der Waals surface area contributed by atoms with Gasteiger partial charge in [0.25, 0.3) is 0 Å². The largest absolute Gasteiger partial charge is 0.507 e. The van der Waals surface area contributed by atoms with Crippen LogP contribution in [0.5, 0.6) is 17.2 Å². The molecular weight excluding hydrogens is 416 g/mol. The summed E-state index contributed by atoms with van der Waals surface area (Å²) in [5.41, 5.74) is 0.998. The number of hydrogen-bond donors (Lipinski definition) is 3. The quantitative estimate of drug-likeness (QED) is 0.343. The Hall–Kier alpha value is -2.30. The Kier molecular flexibility index (Phi) is 5.50. The smallest absolute Gasteiger partial charge is 0.157 e. The van der Waals surface area contributed by atoms with Gasteiger partial charge in [0.2, 0.25) is 0 Å². The van der Waals surface area contributed by atoms with Gasteiger partial charge in [0.1, 0.15) is 17.2 Å². The predicted octanol–water partition coefficient (Wildman–Crippen LogP) is 6.36. The molecule has 6 atom stereocenters. The highest BCUT2D eigenvalue weighted by Crippen LogP contribution is 2.80. The molecule has 0 radical (unpaired) electrons. The first-order valence-electron chi connectivity index (χ1n) is 12.2. The third-order valence-corrected chi connectivity index (χ3v) is 9.94. The number of allylic oxidation sites excluding steroid dienone is 1. The van der Waals surface area contributed by atoms with Crippen LogP contribution in [0.15, 0.2) is 12.2 Å². The molecule has 1 aromatic carbocycles. The fourth-order valence-corrected chi connectivity index (χ4v) is 8.01. The third-order valence-electron chi connectivity index (χ3n) is 9.94. The van der Waals surface area contributed by atoms with E-state index < -0.39 is 17.2 Å². The van der Waals surface area contributed by atoms with Gasteiger partial charge in [0, 0.05) is 5.56 Å². The van der Waals surface area contributed by atoms with Crippen LogP contribution in [0.2, 0.25) is 0 Å². The molecule has 0 aliphatic heterocycles. The topological polar surface area (TPSA) is 94.8 Å². The van der Waals surface area contributed by atoms with Gasteiger partial charge >= 0.3 is 0 Å². The van der Waals surface area contributed by atoms with Gasteiger partial charge in [-0.3, -0.25) is 9.59 Å². The van der Waals surface area contributed by atoms with Crippen molar-refractivity contribution in [2.45, 2.75) is 79.1 Å². The van der Waals surface area contributed by atoms with Crippen LogP contribution in [0.1, 0.15) is 105 Å². The first-order valence-corrected chi connectivity index (χ1v) is 12.2. The molecule has 3 fully saturated rings. The maximum Gasteiger partial charge on any atom is 0.157 e. The number of aromatic hydroxyl groups is 3. The van der Waals surface area contributed by atoms with Gasteiger partial charge in [0.05, 0.1) is 11.1 Å². The van der Waals surface area contributed by atoms with Crippen LogP contribution in [-0.4, -0.2) is 27.9 Å². The summed E-state index contributed by atoms with van der Waals surface area (Å²) in [4.78, 5) is 23.5. The van der Waals surface area contributed by atoms with Gasteiger partial charge in [-0.05, 0) is 78.4 Å². The second kappa shape index (κ2) is 7.61. The maximum absolute atomic E-state index is 11.8. The van der Waals surface area contributed by atoms with Gasteiger partial charge in [-0.15, -0.1) is 0 Å². The molecule has 3 saturated carbocycles. The number of benzene rings is 1. The minimum Gasteiger partial charge on any atom is -0.507 e. The van der Waals surface area contributed by atoms with E-state index in [4.69, 9.17) is 0 Å². The van der Waals surface area contributed by atoms with Crippen molar-refractivity contribution in [1.82, 2.24) is 0 Å². The van der Waals surface area contributed by atoms with Gasteiger partial charge in [-0.2, -0.15) is 0 Å². The molecule has 33 heavy (non-hydrogen) atoms. The highest BCUT2D eigenvalue weighted by Gasteiger charge is 2.72. The van der Waals surface area contributed by atoms with Gasteiger partial charge in [-0.1, -0.05) is 46.8 Å². The molecule has 4 rings (SSSR count). The zero-order valence-corrected chi connectivity index (χ0v) is 20.6. The number of carbonyl (C=O) groups is 2. The first kappa shape index (κ1) is 23.8. The van der Waals surface area contributed by atoms with Crippen molar-refractivity contribution in [3.8, 4) is 17.2 Å². The number of fused-ring (bicyclic) bond motifs is 3. The molecule has 0 heterocycles. The summed E-state index contributed by atoms with van der Waals surface area (Å²) in [6.45, 7) is 15.7. The fraction of sp³-hybridized carbons (Fsp3) is 0.643. The normalized spacial score (nSPS) is 36.1. The van der Waals surface area contributed by atoms with Crippen LogP contribution in [-0.2, 0) is 0 Å². The molecular formula is C28H38O5. The average Bonchev–Trinajstić information content (AvgIpc) is 3.11. The van der Waals surface area contributed by atoms with E-state index in [1.807, 2.05) is 0 Å². The molecule has 0 amide bonds. The highest BCUT2D eigenvalue weighted by atomic mass is 16.3. The van der Waals surface area contributed by atoms with Crippen LogP contribution in [0.3, 0.4) is 0 Å². The van der Waals surface area contributed by atoms with E-state index in [9.17, 15) is 24.9 Å². The van der Waals surface area contributed by atoms with E-state index in [1.54, 1.807) is 0 Å². The molecule has 3 N–H and O–H groups in total. The molecule has 3 aliphatic rings. The second-order valence-electron chi connectivity index (χ2n) is 12.1. The zero-order valence-electron chi connectivity index (χ0n) is 20.6. The number of hydrogen-bond acceptors (Lipinski definition) is 5. The van der Waals surface area contributed by atoms with Crippen molar-refractivity contribution < 1.29 is 24.9 Å². The van der Waals surface area contributed by atoms with Crippen LogP contribution in [0.25, 0.3) is 0 Å². The van der Waals surface area contributed by atoms with E-state index in [2.05, 4.69) is 41.2 Å². The van der Waals surface area contributed by atoms with Crippen molar-refractivity contribution >= 4 is 12.6 Å². The van der Waals surface area contributed by atoms with E-state index in [-0.39, 0.29) is 44.8 Å². The molecule has 180 valence electrons. The zero-order chi connectivity index (χ0) is 24.5. The Morgan fingerprint density at radius 3 is 2.09 bits per heavy atom. The number of aldehydes is 2. The van der Waals surface area contributed by atoms with Crippen molar-refractivity contribution in [2.24, 2.45) is 34.0 Å². The summed E-state index contributed by atoms with van der Waals surface area (Å²) in [6, 6.07) is 0. The molecule has 5 heteroatoms. The predicted molar refractivity (Wildman–Crippen MR) is 128 cm³/mol. The maximum atomic E-state index is 11.8. The molecule has 1 aromatic rings. The van der Waals surface area contributed by atoms with E-state index >= 15 is 0 Å². The van der Waals surface area contributed by atoms with Crippen LogP contribution < -0.4 is 0 Å². The Balaban J connectivity index is 1.96. The third kappa shape index (κ3) is 3.18. The lowest BCUT2D eigenvalue weighted by molar-refractivity contribution is 0.0655. The summed E-state index contributed by atoms with van der Waals surface area (Å²) >= 11 is 0. The Bertz CT molecular complexity index is 991. The van der Waals surface area contributed by atoms with Crippen molar-refractivity contribution in [2.75, 3.05) is 0 Å². The van der Waals surface area contributed by atoms with Crippen LogP contribution in [0.4, 0.5) is 0 Å². The lowest BCUT2D eigenvalue weighted by Gasteiger charge is -2.46. The Labute approximate surface area is 196 Å². The summed E-state index contributed by atoms with van der Waals surface area (Å²) < 4.78 is 0. The lowest BCUT2D eigenvalue weighted by atomic mass is 9.57. The fourth-order valence-electron chi connectivity index (χ4n) is 8.01. The van der Waals surface area contributed by atoms with Gasteiger partial charge < -0.3 is 15.3 Å². The summed E-state index contributed by atoms with van der Waals surface area (Å²) in [6.07, 6.45) is 6.67. The number of phenolic OH excluding ortho intramolecular Hbond substituents is 3. The van der Waals surface area contributed by atoms with Crippen molar-refractivity contribution in [3.05, 3.63) is 28.8 Å². The van der Waals surface area contributed by atoms with Gasteiger partial charge in [-0.25, -0.2) is 0 Å². The molecule has 3 aliphatic carbocycles. The van der Waals surface area contributed by atoms with Gasteiger partial charge in [0.15, 0.2) is 12.6 Å². The minimum atomic E-state index is -0.666. The Morgan fingerprint density at radius 2 is 1.58 bits per heavy atom. The molecule has 0 unspecified atom stereocenters. The van der Waals surface area contributed by atoms with E-state index in [0.29, 0.717) is 30.8 Å². The van der Waals surface area contributed by atoms with E-state index in [1.165, 1.54) is 5.57 Å². The summed E-state index contributed by atoms with van der Waals surface area (Å²) in [5, 5.41) is 32.6. The Morgan fingerprint density at radius 1 is 1.00 bits per heavy atom. The van der Waals surface area contributed by atoms with Crippen molar-refractivity contribution in [3.63, 3.8) is 0 Å². The van der Waals surface area contributed by atoms with Crippen LogP contribution in [0, 0.1) is 34.0 Å². The van der Waals surface area contributed by atoms with Crippen molar-refractivity contribution in [1.29, 1.82) is 0 Å². The molecule has 5 nitrogen and oxygen atoms in total.